The van der Waals surface area contributed by atoms with Gasteiger partial charge in [-0.15, -0.1) is 0 Å². The fraction of sp³-hybridized carbons (Fsp3) is 0.417. The highest BCUT2D eigenvalue weighted by atomic mass is 35.5. The Bertz CT molecular complexity index is 953. The van der Waals surface area contributed by atoms with E-state index >= 15 is 0 Å². The van der Waals surface area contributed by atoms with Crippen LogP contribution in [0.1, 0.15) is 58.8 Å². The Morgan fingerprint density at radius 3 is 2.52 bits per heavy atom. The van der Waals surface area contributed by atoms with E-state index in [0.717, 1.165) is 6.07 Å². The molecule has 7 nitrogen and oxygen atoms in total. The van der Waals surface area contributed by atoms with E-state index in [4.69, 9.17) is 22.1 Å². The molecular formula is C24H33ClFN3O4. The first kappa shape index (κ1) is 30.0. The predicted molar refractivity (Wildman–Crippen MR) is 130 cm³/mol. The van der Waals surface area contributed by atoms with Gasteiger partial charge in [0.05, 0.1) is 17.1 Å². The van der Waals surface area contributed by atoms with E-state index in [1.54, 1.807) is 20.0 Å². The van der Waals surface area contributed by atoms with Crippen molar-refractivity contribution in [2.24, 2.45) is 0 Å². The second-order valence-corrected chi connectivity index (χ2v) is 7.70. The molecule has 0 spiro atoms. The van der Waals surface area contributed by atoms with Crippen molar-refractivity contribution in [2.45, 2.75) is 53.2 Å². The Labute approximate surface area is 200 Å². The van der Waals surface area contributed by atoms with Crippen molar-refractivity contribution in [3.63, 3.8) is 0 Å². The Balaban J connectivity index is 0.000000973. The van der Waals surface area contributed by atoms with Crippen molar-refractivity contribution < 1.29 is 23.8 Å². The third-order valence-corrected chi connectivity index (χ3v) is 3.99. The molecule has 182 valence electrons. The third kappa shape index (κ3) is 10.9. The Morgan fingerprint density at radius 1 is 1.36 bits per heavy atom. The summed E-state index contributed by atoms with van der Waals surface area (Å²) in [4.78, 5) is 13.6. The van der Waals surface area contributed by atoms with Gasteiger partial charge in [-0.2, -0.15) is 0 Å². The minimum absolute atomic E-state index is 0.141. The molecule has 2 rings (SSSR count). The van der Waals surface area contributed by atoms with Crippen LogP contribution in [0.2, 0.25) is 5.02 Å². The monoisotopic (exact) mass is 481 g/mol. The summed E-state index contributed by atoms with van der Waals surface area (Å²) in [5, 5.41) is 12.6. The van der Waals surface area contributed by atoms with E-state index in [1.807, 2.05) is 34.6 Å². The second kappa shape index (κ2) is 14.9. The average molecular weight is 482 g/mol. The summed E-state index contributed by atoms with van der Waals surface area (Å²) in [6.07, 6.45) is 0.792. The molecule has 0 saturated heterocycles. The highest BCUT2D eigenvalue weighted by molar-refractivity contribution is 6.31. The molecule has 4 N–H and O–H groups in total. The number of pyridine rings is 1. The summed E-state index contributed by atoms with van der Waals surface area (Å²) in [5.74, 6) is 5.45. The number of aromatic nitrogens is 1. The smallest absolute Gasteiger partial charge is 0.293 e. The number of carbonyl (C=O) groups excluding carboxylic acids is 1. The fourth-order valence-corrected chi connectivity index (χ4v) is 2.50. The van der Waals surface area contributed by atoms with Gasteiger partial charge in [-0.25, -0.2) is 9.37 Å². The minimum Gasteiger partial charge on any atom is -0.507 e. The topological polar surface area (TPSA) is 107 Å². The van der Waals surface area contributed by atoms with Gasteiger partial charge in [0.2, 0.25) is 0 Å². The van der Waals surface area contributed by atoms with Crippen LogP contribution >= 0.6 is 11.6 Å². The number of nitrogens with zero attached hydrogens (tertiary/aromatic N) is 1. The quantitative estimate of drug-likeness (QED) is 0.413. The first-order chi connectivity index (χ1) is 15.5. The van der Waals surface area contributed by atoms with Crippen molar-refractivity contribution in [3.05, 3.63) is 46.4 Å². The van der Waals surface area contributed by atoms with Crippen LogP contribution in [0, 0.1) is 17.7 Å². The largest absolute Gasteiger partial charge is 0.507 e. The number of carbonyl (C=O) groups is 1. The fourth-order valence-electron chi connectivity index (χ4n) is 2.19. The number of anilines is 1. The molecule has 0 fully saturated rings. The first-order valence-corrected chi connectivity index (χ1v) is 10.7. The van der Waals surface area contributed by atoms with Crippen molar-refractivity contribution in [1.82, 2.24) is 10.3 Å². The van der Waals surface area contributed by atoms with Gasteiger partial charge in [-0.3, -0.25) is 4.79 Å². The number of nitrogens with two attached hydrogens (primary N) is 1. The maximum Gasteiger partial charge on any atom is 0.293 e. The number of phenols is 1. The van der Waals surface area contributed by atoms with E-state index in [0.29, 0.717) is 18.6 Å². The molecule has 1 aromatic heterocycles. The third-order valence-electron chi connectivity index (χ3n) is 3.60. The normalized spacial score (nSPS) is 10.8. The van der Waals surface area contributed by atoms with E-state index in [1.165, 1.54) is 12.3 Å². The predicted octanol–water partition coefficient (Wildman–Crippen LogP) is 4.86. The van der Waals surface area contributed by atoms with E-state index in [2.05, 4.69) is 26.9 Å². The van der Waals surface area contributed by atoms with Gasteiger partial charge in [-0.1, -0.05) is 37.3 Å². The number of hydrogen-bond acceptors (Lipinski definition) is 7. The summed E-state index contributed by atoms with van der Waals surface area (Å²) >= 11 is 5.92. The molecule has 0 saturated carbocycles. The number of phenolic OH excluding ortho intramolecular Hbond substituents is 1. The molecule has 0 aliphatic rings. The van der Waals surface area contributed by atoms with Crippen molar-refractivity contribution in [2.75, 3.05) is 19.3 Å². The van der Waals surface area contributed by atoms with Crippen LogP contribution in [0.15, 0.2) is 24.4 Å². The summed E-state index contributed by atoms with van der Waals surface area (Å²) in [6, 6.07) is 3.94. The number of nitrogens with one attached hydrogen (secondary N) is 1. The summed E-state index contributed by atoms with van der Waals surface area (Å²) in [6.45, 7) is 12.1. The van der Waals surface area contributed by atoms with Gasteiger partial charge in [0.15, 0.2) is 11.6 Å². The van der Waals surface area contributed by atoms with Crippen molar-refractivity contribution >= 4 is 23.9 Å². The van der Waals surface area contributed by atoms with Crippen LogP contribution in [-0.4, -0.2) is 35.8 Å². The lowest BCUT2D eigenvalue weighted by atomic mass is 10.1. The molecule has 0 amide bonds. The molecule has 9 heteroatoms. The van der Waals surface area contributed by atoms with Gasteiger partial charge >= 0.3 is 0 Å². The summed E-state index contributed by atoms with van der Waals surface area (Å²) < 4.78 is 23.9. The lowest BCUT2D eigenvalue weighted by molar-refractivity contribution is -0.138. The lowest BCUT2D eigenvalue weighted by Gasteiger charge is -2.18. The van der Waals surface area contributed by atoms with Gasteiger partial charge in [0.1, 0.15) is 23.3 Å². The van der Waals surface area contributed by atoms with Crippen molar-refractivity contribution in [1.29, 1.82) is 0 Å². The van der Waals surface area contributed by atoms with Gasteiger partial charge < -0.3 is 25.6 Å². The zero-order valence-corrected chi connectivity index (χ0v) is 20.9. The number of benzene rings is 1. The van der Waals surface area contributed by atoms with Gasteiger partial charge in [-0.05, 0) is 46.9 Å². The number of ether oxygens (including phenoxy) is 2. The zero-order chi connectivity index (χ0) is 25.6. The average Bonchev–Trinajstić information content (AvgIpc) is 2.74. The molecule has 33 heavy (non-hydrogen) atoms. The number of nitrogen functional groups attached to an aromatic ring is 1. The Kier molecular flexibility index (Phi) is 13.6. The molecule has 1 heterocycles. The van der Waals surface area contributed by atoms with Gasteiger partial charge in [0.25, 0.3) is 6.47 Å². The molecular weight excluding hydrogens is 449 g/mol. The first-order valence-electron chi connectivity index (χ1n) is 10.3. The van der Waals surface area contributed by atoms with Crippen LogP contribution in [0.3, 0.4) is 0 Å². The maximum atomic E-state index is 13.6. The molecule has 0 radical (unpaired) electrons. The molecule has 0 aliphatic heterocycles. The standard InChI is InChI=1S/C17H17ClFN3O2.C5H10O2.C2H6/c1-10(15-13(23)6-5-12(19)16(15)18)24-14-8-11(4-3-7-21-2)9-22-17(14)20;1-5(2,3)7-4-6;1-2/h5-6,8-10,21,23H,7H2,1-2H3,(H2,20,22);4H,1-3H3;1-2H3. The SMILES string of the molecule is CC.CC(C)(C)OC=O.CNCC#Cc1cnc(N)c(OC(C)c2c(O)ccc(F)c2Cl)c1. The number of rotatable bonds is 5. The van der Waals surface area contributed by atoms with Crippen LogP contribution in [-0.2, 0) is 9.53 Å². The van der Waals surface area contributed by atoms with E-state index in [-0.39, 0.29) is 33.5 Å². The minimum atomic E-state index is -0.738. The molecule has 1 aromatic carbocycles. The van der Waals surface area contributed by atoms with Crippen LogP contribution in [0.25, 0.3) is 0 Å². The molecule has 1 unspecified atom stereocenters. The second-order valence-electron chi connectivity index (χ2n) is 7.32. The molecule has 0 bridgehead atoms. The highest BCUT2D eigenvalue weighted by Gasteiger charge is 2.20. The van der Waals surface area contributed by atoms with Crippen molar-refractivity contribution in [3.8, 4) is 23.3 Å². The van der Waals surface area contributed by atoms with Crippen LogP contribution in [0.4, 0.5) is 10.2 Å². The molecule has 0 aliphatic carbocycles. The number of aromatic hydroxyl groups is 1. The number of halogens is 2. The van der Waals surface area contributed by atoms with E-state index < -0.39 is 11.9 Å². The summed E-state index contributed by atoms with van der Waals surface area (Å²) in [7, 11) is 1.79. The Hall–Kier alpha value is -3.02. The van der Waals surface area contributed by atoms with Crippen LogP contribution < -0.4 is 15.8 Å². The zero-order valence-electron chi connectivity index (χ0n) is 20.1. The number of hydrogen-bond donors (Lipinski definition) is 3. The van der Waals surface area contributed by atoms with E-state index in [9.17, 15) is 14.3 Å². The summed E-state index contributed by atoms with van der Waals surface area (Å²) in [5.41, 5.74) is 6.26. The molecule has 2 aromatic rings. The Morgan fingerprint density at radius 2 is 2.00 bits per heavy atom. The maximum absolute atomic E-state index is 13.6. The van der Waals surface area contributed by atoms with Crippen LogP contribution in [0.5, 0.6) is 11.5 Å². The lowest BCUT2D eigenvalue weighted by Crippen LogP contribution is -2.17. The highest BCUT2D eigenvalue weighted by Crippen LogP contribution is 2.36. The molecule has 1 atom stereocenters. The van der Waals surface area contributed by atoms with Gasteiger partial charge in [0, 0.05) is 17.8 Å².